The van der Waals surface area contributed by atoms with Gasteiger partial charge in [-0.05, 0) is 38.5 Å². The van der Waals surface area contributed by atoms with E-state index in [2.05, 4.69) is 5.32 Å². The quantitative estimate of drug-likeness (QED) is 0.0973. The zero-order chi connectivity index (χ0) is 27.9. The molecule has 10 heteroatoms. The van der Waals surface area contributed by atoms with E-state index in [4.69, 9.17) is 20.7 Å². The number of aliphatic hydroxyl groups is 2. The fraction of sp³-hybridized carbons (Fsp3) is 0.519. The summed E-state index contributed by atoms with van der Waals surface area (Å²) in [5.74, 6) is -2.77. The molecule has 208 valence electrons. The molecule has 0 aliphatic carbocycles. The first-order valence-corrected chi connectivity index (χ1v) is 12.4. The van der Waals surface area contributed by atoms with Gasteiger partial charge in [0.25, 0.3) is 0 Å². The molecule has 0 radical (unpaired) electrons. The lowest BCUT2D eigenvalue weighted by Gasteiger charge is -2.24. The van der Waals surface area contributed by atoms with Crippen LogP contribution in [0.1, 0.15) is 51.9 Å². The number of hydrogen-bond acceptors (Lipinski definition) is 7. The Hall–Kier alpha value is -3.05. The van der Waals surface area contributed by atoms with Crippen LogP contribution in [0.25, 0.3) is 0 Å². The smallest absolute Gasteiger partial charge is 0.322 e. The van der Waals surface area contributed by atoms with Crippen LogP contribution in [0.3, 0.4) is 0 Å². The first kappa shape index (κ1) is 34.0. The molecule has 0 aromatic rings. The number of carboxylic acids is 2. The molecule has 0 saturated carbocycles. The van der Waals surface area contributed by atoms with Crippen molar-refractivity contribution in [3.8, 4) is 0 Å². The number of aliphatic carboxylic acids is 2. The Morgan fingerprint density at radius 1 is 0.892 bits per heavy atom. The third-order valence-corrected chi connectivity index (χ3v) is 4.94. The standard InChI is InChI=1S/C27H42N2O8/c1-2-3-9-14-21(30)15-10-6-4-5-7-12-17-24(23(31)16-11-8-13-18-25(32)33)37-20-22(28)27(36)29-19-26(34)35/h3-11,15,21-24,30-31H,2,12-14,16-20,28H2,1H3,(H,29,36)(H,32,33)(H,34,35)/b6-4-,7-5+,9-3-,11-8-,15-10+/t21?,22?,23-,24?/m1/s1. The van der Waals surface area contributed by atoms with Gasteiger partial charge in [0.05, 0.1) is 24.9 Å². The molecule has 0 rings (SSSR count). The molecule has 0 bridgehead atoms. The van der Waals surface area contributed by atoms with Gasteiger partial charge in [-0.3, -0.25) is 14.4 Å². The molecule has 0 aliphatic heterocycles. The van der Waals surface area contributed by atoms with Gasteiger partial charge in [0.15, 0.2) is 0 Å². The zero-order valence-electron chi connectivity index (χ0n) is 21.4. The second-order valence-electron chi connectivity index (χ2n) is 8.25. The van der Waals surface area contributed by atoms with Crippen molar-refractivity contribution < 1.29 is 39.5 Å². The van der Waals surface area contributed by atoms with Crippen LogP contribution >= 0.6 is 0 Å². The summed E-state index contributed by atoms with van der Waals surface area (Å²) in [6.45, 7) is 1.27. The number of amides is 1. The molecular weight excluding hydrogens is 480 g/mol. The van der Waals surface area contributed by atoms with Gasteiger partial charge in [-0.25, -0.2) is 0 Å². The number of hydrogen-bond donors (Lipinski definition) is 6. The van der Waals surface area contributed by atoms with E-state index in [0.29, 0.717) is 25.7 Å². The molecule has 0 fully saturated rings. The number of nitrogens with one attached hydrogen (secondary N) is 1. The first-order valence-electron chi connectivity index (χ1n) is 12.4. The summed E-state index contributed by atoms with van der Waals surface area (Å²) in [5.41, 5.74) is 5.77. The highest BCUT2D eigenvalue weighted by Gasteiger charge is 2.22. The summed E-state index contributed by atoms with van der Waals surface area (Å²) in [4.78, 5) is 33.1. The van der Waals surface area contributed by atoms with Crippen molar-refractivity contribution in [2.45, 2.75) is 76.2 Å². The summed E-state index contributed by atoms with van der Waals surface area (Å²) in [5, 5.41) is 39.9. The summed E-state index contributed by atoms with van der Waals surface area (Å²) in [6.07, 6.45) is 19.0. The number of allylic oxidation sites excluding steroid dienone is 7. The maximum absolute atomic E-state index is 11.9. The third kappa shape index (κ3) is 20.8. The predicted octanol–water partition coefficient (Wildman–Crippen LogP) is 2.24. The molecule has 3 unspecified atom stereocenters. The van der Waals surface area contributed by atoms with Crippen LogP contribution in [0.4, 0.5) is 0 Å². The second kappa shape index (κ2) is 22.2. The summed E-state index contributed by atoms with van der Waals surface area (Å²) < 4.78 is 5.69. The third-order valence-electron chi connectivity index (χ3n) is 4.94. The van der Waals surface area contributed by atoms with Crippen LogP contribution < -0.4 is 11.1 Å². The summed E-state index contributed by atoms with van der Waals surface area (Å²) in [6, 6.07) is -1.10. The highest BCUT2D eigenvalue weighted by molar-refractivity contribution is 5.85. The van der Waals surface area contributed by atoms with Crippen molar-refractivity contribution in [2.24, 2.45) is 5.73 Å². The fourth-order valence-electron chi connectivity index (χ4n) is 2.93. The van der Waals surface area contributed by atoms with Gasteiger partial charge in [0.2, 0.25) is 5.91 Å². The number of carboxylic acid groups (broad SMARTS) is 2. The van der Waals surface area contributed by atoms with E-state index in [1.54, 1.807) is 30.4 Å². The highest BCUT2D eigenvalue weighted by Crippen LogP contribution is 2.13. The van der Waals surface area contributed by atoms with E-state index < -0.39 is 48.7 Å². The SMILES string of the molecule is CC/C=C\CC(O)/C=C/C=C\C=C\CCC(OCC(N)C(=O)NCC(=O)O)[C@H](O)C/C=C\CCC(=O)O. The topological polar surface area (TPSA) is 179 Å². The zero-order valence-corrected chi connectivity index (χ0v) is 21.4. The van der Waals surface area contributed by atoms with Crippen molar-refractivity contribution in [3.63, 3.8) is 0 Å². The molecule has 0 aromatic heterocycles. The van der Waals surface area contributed by atoms with Crippen molar-refractivity contribution in [2.75, 3.05) is 13.2 Å². The molecule has 4 atom stereocenters. The van der Waals surface area contributed by atoms with Crippen LogP contribution in [0.15, 0.2) is 60.8 Å². The Kier molecular flexibility index (Phi) is 20.3. The van der Waals surface area contributed by atoms with Gasteiger partial charge in [-0.2, -0.15) is 0 Å². The number of rotatable bonds is 21. The number of carbonyl (C=O) groups is 3. The van der Waals surface area contributed by atoms with Gasteiger partial charge in [-0.15, -0.1) is 0 Å². The minimum absolute atomic E-state index is 0.00476. The maximum Gasteiger partial charge on any atom is 0.322 e. The first-order chi connectivity index (χ1) is 17.7. The number of ether oxygens (including phenoxy) is 1. The van der Waals surface area contributed by atoms with Crippen LogP contribution in [-0.4, -0.2) is 75.8 Å². The van der Waals surface area contributed by atoms with Gasteiger partial charge in [-0.1, -0.05) is 67.7 Å². The lowest BCUT2D eigenvalue weighted by atomic mass is 10.0. The predicted molar refractivity (Wildman–Crippen MR) is 142 cm³/mol. The normalized spacial score (nSPS) is 15.7. The Morgan fingerprint density at radius 2 is 1.59 bits per heavy atom. The minimum atomic E-state index is -1.19. The molecule has 37 heavy (non-hydrogen) atoms. The monoisotopic (exact) mass is 522 g/mol. The van der Waals surface area contributed by atoms with E-state index in [1.807, 2.05) is 37.3 Å². The average molecular weight is 523 g/mol. The number of aliphatic hydroxyl groups excluding tert-OH is 2. The highest BCUT2D eigenvalue weighted by atomic mass is 16.5. The Morgan fingerprint density at radius 3 is 2.27 bits per heavy atom. The Balaban J connectivity index is 4.78. The second-order valence-corrected chi connectivity index (χ2v) is 8.25. The lowest BCUT2D eigenvalue weighted by Crippen LogP contribution is -2.46. The molecule has 1 amide bonds. The minimum Gasteiger partial charge on any atom is -0.481 e. The van der Waals surface area contributed by atoms with Gasteiger partial charge < -0.3 is 36.2 Å². The van der Waals surface area contributed by atoms with Crippen LogP contribution in [0.5, 0.6) is 0 Å². The van der Waals surface area contributed by atoms with Crippen LogP contribution in [-0.2, 0) is 19.1 Å². The van der Waals surface area contributed by atoms with Crippen molar-refractivity contribution in [1.29, 1.82) is 0 Å². The molecule has 0 aliphatic rings. The summed E-state index contributed by atoms with van der Waals surface area (Å²) in [7, 11) is 0. The molecule has 7 N–H and O–H groups in total. The van der Waals surface area contributed by atoms with Crippen molar-refractivity contribution in [1.82, 2.24) is 5.32 Å². The number of nitrogens with two attached hydrogens (primary N) is 1. The van der Waals surface area contributed by atoms with E-state index >= 15 is 0 Å². The maximum atomic E-state index is 11.9. The average Bonchev–Trinajstić information content (AvgIpc) is 2.85. The molecule has 0 aromatic carbocycles. The van der Waals surface area contributed by atoms with Crippen LogP contribution in [0.2, 0.25) is 0 Å². The van der Waals surface area contributed by atoms with E-state index in [0.717, 1.165) is 6.42 Å². The van der Waals surface area contributed by atoms with Crippen molar-refractivity contribution >= 4 is 17.8 Å². The molecule has 10 nitrogen and oxygen atoms in total. The molecule has 0 saturated heterocycles. The van der Waals surface area contributed by atoms with E-state index in [1.165, 1.54) is 0 Å². The van der Waals surface area contributed by atoms with Gasteiger partial charge in [0.1, 0.15) is 12.6 Å². The summed E-state index contributed by atoms with van der Waals surface area (Å²) >= 11 is 0. The van der Waals surface area contributed by atoms with E-state index in [-0.39, 0.29) is 19.4 Å². The van der Waals surface area contributed by atoms with E-state index in [9.17, 15) is 24.6 Å². The van der Waals surface area contributed by atoms with Gasteiger partial charge >= 0.3 is 11.9 Å². The Bertz CT molecular complexity index is 804. The lowest BCUT2D eigenvalue weighted by molar-refractivity contribution is -0.138. The van der Waals surface area contributed by atoms with Gasteiger partial charge in [0, 0.05) is 6.42 Å². The number of carbonyl (C=O) groups excluding carboxylic acids is 1. The molecular formula is C27H42N2O8. The molecule has 0 heterocycles. The Labute approximate surface area is 218 Å². The molecule has 0 spiro atoms. The fourth-order valence-corrected chi connectivity index (χ4v) is 2.93. The van der Waals surface area contributed by atoms with Crippen molar-refractivity contribution in [3.05, 3.63) is 60.8 Å². The van der Waals surface area contributed by atoms with Crippen LogP contribution in [0, 0.1) is 0 Å². The largest absolute Gasteiger partial charge is 0.481 e.